The molecule has 27 heavy (non-hydrogen) atoms. The molecular weight excluding hydrogens is 424 g/mol. The van der Waals surface area contributed by atoms with Crippen molar-refractivity contribution < 1.29 is 0 Å². The quantitative estimate of drug-likeness (QED) is 0.425. The summed E-state index contributed by atoms with van der Waals surface area (Å²) in [5.74, 6) is 0. The van der Waals surface area contributed by atoms with Crippen LogP contribution < -0.4 is 10.6 Å². The van der Waals surface area contributed by atoms with Crippen molar-refractivity contribution in [3.63, 3.8) is 0 Å². The molecule has 0 unspecified atom stereocenters. The topological polar surface area (TPSA) is 59.7 Å². The van der Waals surface area contributed by atoms with Crippen LogP contribution in [0.5, 0.6) is 0 Å². The minimum Gasteiger partial charge on any atom is -0.362 e. The summed E-state index contributed by atoms with van der Waals surface area (Å²) in [5, 5.41) is 15.9. The monoisotopic (exact) mass is 446 g/mol. The van der Waals surface area contributed by atoms with E-state index in [0.717, 1.165) is 41.9 Å². The second-order valence-electron chi connectivity index (χ2n) is 6.44. The van der Waals surface area contributed by atoms with Crippen LogP contribution in [0.15, 0.2) is 47.2 Å². The van der Waals surface area contributed by atoms with Crippen molar-refractivity contribution in [3.8, 4) is 0 Å². The number of aromatic nitrogens is 4. The van der Waals surface area contributed by atoms with Crippen LogP contribution in [0.3, 0.4) is 0 Å². The van der Waals surface area contributed by atoms with Crippen molar-refractivity contribution in [2.75, 3.05) is 11.9 Å². The molecule has 0 radical (unpaired) electrons. The lowest BCUT2D eigenvalue weighted by Crippen LogP contribution is -2.29. The molecule has 0 aliphatic carbocycles. The van der Waals surface area contributed by atoms with Crippen LogP contribution >= 0.6 is 28.1 Å². The van der Waals surface area contributed by atoms with Gasteiger partial charge in [0, 0.05) is 29.5 Å². The van der Waals surface area contributed by atoms with Gasteiger partial charge in [-0.15, -0.1) is 0 Å². The van der Waals surface area contributed by atoms with Crippen molar-refractivity contribution in [2.45, 2.75) is 33.4 Å². The number of benzene rings is 1. The molecule has 0 saturated heterocycles. The Hall–Kier alpha value is -2.19. The fourth-order valence-corrected chi connectivity index (χ4v) is 3.28. The van der Waals surface area contributed by atoms with Crippen molar-refractivity contribution in [2.24, 2.45) is 0 Å². The number of hydrogen-bond donors (Lipinski definition) is 2. The van der Waals surface area contributed by atoms with E-state index in [0.29, 0.717) is 5.11 Å². The minimum atomic E-state index is 0.603. The van der Waals surface area contributed by atoms with Crippen LogP contribution in [0.2, 0.25) is 0 Å². The summed E-state index contributed by atoms with van der Waals surface area (Å²) in [6.07, 6.45) is 4.68. The van der Waals surface area contributed by atoms with E-state index in [2.05, 4.69) is 61.9 Å². The maximum Gasteiger partial charge on any atom is 0.170 e. The third-order valence-corrected chi connectivity index (χ3v) is 4.86. The normalized spacial score (nSPS) is 10.8. The van der Waals surface area contributed by atoms with Crippen LogP contribution in [0.25, 0.3) is 0 Å². The Labute approximate surface area is 173 Å². The summed E-state index contributed by atoms with van der Waals surface area (Å²) >= 11 is 8.81. The van der Waals surface area contributed by atoms with Gasteiger partial charge in [-0.3, -0.25) is 9.36 Å². The van der Waals surface area contributed by atoms with E-state index in [4.69, 9.17) is 12.2 Å². The molecule has 0 fully saturated rings. The summed E-state index contributed by atoms with van der Waals surface area (Å²) < 4.78 is 4.99. The first-order valence-electron chi connectivity index (χ1n) is 8.82. The van der Waals surface area contributed by atoms with Gasteiger partial charge in [-0.05, 0) is 56.2 Å². The molecule has 0 aliphatic rings. The van der Waals surface area contributed by atoms with Gasteiger partial charge in [0.05, 0.1) is 24.1 Å². The van der Waals surface area contributed by atoms with E-state index < -0.39 is 0 Å². The van der Waals surface area contributed by atoms with E-state index in [1.165, 1.54) is 11.3 Å². The summed E-state index contributed by atoms with van der Waals surface area (Å²) in [5.41, 5.74) is 4.31. The largest absolute Gasteiger partial charge is 0.362 e. The van der Waals surface area contributed by atoms with Crippen LogP contribution in [-0.4, -0.2) is 31.2 Å². The van der Waals surface area contributed by atoms with Crippen LogP contribution in [-0.2, 0) is 13.1 Å². The van der Waals surface area contributed by atoms with Gasteiger partial charge in [-0.2, -0.15) is 10.2 Å². The summed E-state index contributed by atoms with van der Waals surface area (Å²) in [7, 11) is 0. The SMILES string of the molecule is Cc1cc(C)n(CCCNC(=S)Nc2cnn(Cc3ccc(Br)cc3)c2)n1. The van der Waals surface area contributed by atoms with Crippen molar-refractivity contribution >= 4 is 38.9 Å². The van der Waals surface area contributed by atoms with Gasteiger partial charge in [-0.25, -0.2) is 0 Å². The highest BCUT2D eigenvalue weighted by Gasteiger charge is 2.03. The Bertz CT molecular complexity index is 899. The average Bonchev–Trinajstić information content (AvgIpc) is 3.19. The van der Waals surface area contributed by atoms with Gasteiger partial charge in [0.2, 0.25) is 0 Å². The van der Waals surface area contributed by atoms with Gasteiger partial charge in [-0.1, -0.05) is 28.1 Å². The second kappa shape index (κ2) is 9.14. The Morgan fingerprint density at radius 3 is 2.70 bits per heavy atom. The Kier molecular flexibility index (Phi) is 6.63. The van der Waals surface area contributed by atoms with E-state index in [1.807, 2.05) is 34.6 Å². The highest BCUT2D eigenvalue weighted by molar-refractivity contribution is 9.10. The molecule has 3 rings (SSSR count). The molecule has 0 spiro atoms. The molecule has 0 aliphatic heterocycles. The van der Waals surface area contributed by atoms with Crippen LogP contribution in [0, 0.1) is 13.8 Å². The highest BCUT2D eigenvalue weighted by atomic mass is 79.9. The lowest BCUT2D eigenvalue weighted by atomic mass is 10.2. The Morgan fingerprint density at radius 1 is 1.22 bits per heavy atom. The first-order chi connectivity index (χ1) is 13.0. The first-order valence-corrected chi connectivity index (χ1v) is 10.0. The lowest BCUT2D eigenvalue weighted by Gasteiger charge is -2.09. The molecule has 2 aromatic heterocycles. The molecule has 3 aromatic rings. The maximum absolute atomic E-state index is 5.36. The number of nitrogens with one attached hydrogen (secondary N) is 2. The van der Waals surface area contributed by atoms with Gasteiger partial charge >= 0.3 is 0 Å². The molecular formula is C19H23BrN6S. The number of rotatable bonds is 7. The third-order valence-electron chi connectivity index (χ3n) is 4.08. The van der Waals surface area contributed by atoms with E-state index >= 15 is 0 Å². The zero-order valence-electron chi connectivity index (χ0n) is 15.4. The maximum atomic E-state index is 5.36. The Morgan fingerprint density at radius 2 is 2.00 bits per heavy atom. The molecule has 0 saturated carbocycles. The molecule has 6 nitrogen and oxygen atoms in total. The smallest absolute Gasteiger partial charge is 0.170 e. The van der Waals surface area contributed by atoms with Crippen LogP contribution in [0.4, 0.5) is 5.69 Å². The van der Waals surface area contributed by atoms with Crippen molar-refractivity contribution in [1.82, 2.24) is 24.9 Å². The molecule has 8 heteroatoms. The number of aryl methyl sites for hydroxylation is 3. The molecule has 0 atom stereocenters. The molecule has 2 heterocycles. The second-order valence-corrected chi connectivity index (χ2v) is 7.76. The zero-order valence-corrected chi connectivity index (χ0v) is 17.8. The van der Waals surface area contributed by atoms with Crippen LogP contribution in [0.1, 0.15) is 23.4 Å². The third kappa shape index (κ3) is 5.90. The average molecular weight is 447 g/mol. The van der Waals surface area contributed by atoms with Gasteiger partial charge in [0.1, 0.15) is 0 Å². The summed E-state index contributed by atoms with van der Waals surface area (Å²) in [4.78, 5) is 0. The standard InChI is InChI=1S/C19H23BrN6S/c1-14-10-15(2)26(24-14)9-3-8-21-19(27)23-18-11-22-25(13-18)12-16-4-6-17(20)7-5-16/h4-7,10-11,13H,3,8-9,12H2,1-2H3,(H2,21,23,27). The number of halogens is 1. The molecule has 0 amide bonds. The predicted molar refractivity (Wildman–Crippen MR) is 116 cm³/mol. The zero-order chi connectivity index (χ0) is 19.2. The lowest BCUT2D eigenvalue weighted by molar-refractivity contribution is 0.558. The Balaban J connectivity index is 1.41. The number of thiocarbonyl (C=S) groups is 1. The van der Waals surface area contributed by atoms with E-state index in [9.17, 15) is 0 Å². The van der Waals surface area contributed by atoms with Crippen molar-refractivity contribution in [3.05, 3.63) is 64.1 Å². The van der Waals surface area contributed by atoms with Crippen molar-refractivity contribution in [1.29, 1.82) is 0 Å². The number of nitrogens with zero attached hydrogens (tertiary/aromatic N) is 4. The molecule has 142 valence electrons. The minimum absolute atomic E-state index is 0.603. The summed E-state index contributed by atoms with van der Waals surface area (Å²) in [6, 6.07) is 10.3. The van der Waals surface area contributed by atoms with Gasteiger partial charge in [0.15, 0.2) is 5.11 Å². The van der Waals surface area contributed by atoms with E-state index in [1.54, 1.807) is 6.20 Å². The molecule has 0 bridgehead atoms. The van der Waals surface area contributed by atoms with Gasteiger partial charge in [0.25, 0.3) is 0 Å². The fraction of sp³-hybridized carbons (Fsp3) is 0.316. The van der Waals surface area contributed by atoms with Gasteiger partial charge < -0.3 is 10.6 Å². The summed E-state index contributed by atoms with van der Waals surface area (Å²) in [6.45, 7) is 6.47. The highest BCUT2D eigenvalue weighted by Crippen LogP contribution is 2.12. The first kappa shape index (κ1) is 19.6. The molecule has 2 N–H and O–H groups in total. The fourth-order valence-electron chi connectivity index (χ4n) is 2.80. The number of anilines is 1. The molecule has 1 aromatic carbocycles. The number of hydrogen-bond acceptors (Lipinski definition) is 3. The van der Waals surface area contributed by atoms with E-state index in [-0.39, 0.29) is 0 Å². The predicted octanol–water partition coefficient (Wildman–Crippen LogP) is 3.88.